The lowest BCUT2D eigenvalue weighted by Crippen LogP contribution is -1.97. The molecular formula is C15H18N2. The summed E-state index contributed by atoms with van der Waals surface area (Å²) in [4.78, 5) is 4.54. The Balaban J connectivity index is 2.21. The molecule has 1 aromatic heterocycles. The Morgan fingerprint density at radius 1 is 1.18 bits per heavy atom. The van der Waals surface area contributed by atoms with Crippen LogP contribution in [0, 0.1) is 6.92 Å². The fourth-order valence-corrected chi connectivity index (χ4v) is 1.89. The van der Waals surface area contributed by atoms with E-state index in [0.717, 1.165) is 24.3 Å². The molecule has 2 heteroatoms. The molecule has 0 amide bonds. The van der Waals surface area contributed by atoms with Crippen LogP contribution in [0.1, 0.15) is 19.2 Å². The molecule has 2 nitrogen and oxygen atoms in total. The molecule has 0 unspecified atom stereocenters. The van der Waals surface area contributed by atoms with E-state index < -0.39 is 0 Å². The number of aromatic nitrogens is 2. The van der Waals surface area contributed by atoms with Gasteiger partial charge in [0.2, 0.25) is 0 Å². The van der Waals surface area contributed by atoms with Gasteiger partial charge in [-0.15, -0.1) is 0 Å². The first-order valence-corrected chi connectivity index (χ1v) is 6.06. The van der Waals surface area contributed by atoms with Crippen molar-refractivity contribution in [3.63, 3.8) is 0 Å². The molecule has 0 saturated heterocycles. The zero-order valence-corrected chi connectivity index (χ0v) is 10.4. The van der Waals surface area contributed by atoms with Crippen LogP contribution in [-0.2, 0) is 6.54 Å². The number of para-hydroxylation sites is 2. The molecule has 0 aliphatic rings. The molecule has 0 bridgehead atoms. The van der Waals surface area contributed by atoms with E-state index in [-0.39, 0.29) is 0 Å². The van der Waals surface area contributed by atoms with Crippen molar-refractivity contribution < 1.29 is 0 Å². The van der Waals surface area contributed by atoms with Gasteiger partial charge in [0.1, 0.15) is 5.82 Å². The van der Waals surface area contributed by atoms with Gasteiger partial charge < -0.3 is 4.57 Å². The van der Waals surface area contributed by atoms with Gasteiger partial charge in [0.05, 0.1) is 11.0 Å². The van der Waals surface area contributed by atoms with Crippen molar-refractivity contribution in [1.82, 2.24) is 9.55 Å². The Labute approximate surface area is 102 Å². The first-order valence-electron chi connectivity index (χ1n) is 6.06. The summed E-state index contributed by atoms with van der Waals surface area (Å²) in [6.45, 7) is 5.06. The summed E-state index contributed by atoms with van der Waals surface area (Å²) >= 11 is 0. The summed E-state index contributed by atoms with van der Waals surface area (Å²) in [5.41, 5.74) is 2.27. The van der Waals surface area contributed by atoms with Crippen LogP contribution in [0.4, 0.5) is 0 Å². The van der Waals surface area contributed by atoms with Crippen LogP contribution in [0.15, 0.2) is 48.6 Å². The first kappa shape index (κ1) is 11.6. The molecule has 17 heavy (non-hydrogen) atoms. The van der Waals surface area contributed by atoms with Crippen molar-refractivity contribution in [2.45, 2.75) is 26.8 Å². The number of benzene rings is 1. The molecule has 0 radical (unpaired) electrons. The molecule has 0 spiro atoms. The van der Waals surface area contributed by atoms with Crippen LogP contribution in [0.3, 0.4) is 0 Å². The quantitative estimate of drug-likeness (QED) is 0.724. The second-order valence-electron chi connectivity index (χ2n) is 4.02. The van der Waals surface area contributed by atoms with Crippen molar-refractivity contribution in [2.24, 2.45) is 0 Å². The minimum absolute atomic E-state index is 0.875. The topological polar surface area (TPSA) is 17.8 Å². The van der Waals surface area contributed by atoms with Gasteiger partial charge in [0.25, 0.3) is 0 Å². The number of allylic oxidation sites excluding steroid dienone is 4. The van der Waals surface area contributed by atoms with Crippen LogP contribution in [0.2, 0.25) is 0 Å². The number of rotatable bonds is 4. The van der Waals surface area contributed by atoms with E-state index in [2.05, 4.69) is 65.9 Å². The van der Waals surface area contributed by atoms with Gasteiger partial charge in [-0.1, -0.05) is 43.4 Å². The summed E-state index contributed by atoms with van der Waals surface area (Å²) in [6, 6.07) is 8.25. The highest BCUT2D eigenvalue weighted by atomic mass is 15.1. The van der Waals surface area contributed by atoms with Gasteiger partial charge >= 0.3 is 0 Å². The maximum absolute atomic E-state index is 4.54. The summed E-state index contributed by atoms with van der Waals surface area (Å²) in [7, 11) is 0. The van der Waals surface area contributed by atoms with Gasteiger partial charge in [-0.3, -0.25) is 0 Å². The van der Waals surface area contributed by atoms with Gasteiger partial charge in [0, 0.05) is 6.54 Å². The second kappa shape index (κ2) is 5.48. The summed E-state index contributed by atoms with van der Waals surface area (Å²) < 4.78 is 2.23. The van der Waals surface area contributed by atoms with E-state index in [0.29, 0.717) is 0 Å². The second-order valence-corrected chi connectivity index (χ2v) is 4.02. The summed E-state index contributed by atoms with van der Waals surface area (Å²) in [6.07, 6.45) is 9.58. The van der Waals surface area contributed by atoms with Crippen LogP contribution in [0.5, 0.6) is 0 Å². The molecule has 0 aliphatic heterocycles. The number of aryl methyl sites for hydroxylation is 1. The van der Waals surface area contributed by atoms with E-state index in [1.54, 1.807) is 0 Å². The summed E-state index contributed by atoms with van der Waals surface area (Å²) in [5, 5.41) is 0. The molecule has 0 fully saturated rings. The van der Waals surface area contributed by atoms with Crippen LogP contribution < -0.4 is 0 Å². The first-order chi connectivity index (χ1) is 8.33. The van der Waals surface area contributed by atoms with E-state index in [4.69, 9.17) is 0 Å². The normalized spacial score (nSPS) is 12.1. The van der Waals surface area contributed by atoms with Crippen molar-refractivity contribution >= 4 is 11.0 Å². The standard InChI is InChI=1S/C15H18N2/c1-3-4-5-6-9-12-17-13(2)16-14-10-7-8-11-15(14)17/h4-11H,3,12H2,1-2H3/b5-4-,9-6-. The molecular weight excluding hydrogens is 208 g/mol. The van der Waals surface area contributed by atoms with E-state index in [1.165, 1.54) is 5.52 Å². The number of imidazole rings is 1. The molecule has 2 rings (SSSR count). The third-order valence-corrected chi connectivity index (χ3v) is 2.75. The van der Waals surface area contributed by atoms with Crippen LogP contribution in [-0.4, -0.2) is 9.55 Å². The maximum atomic E-state index is 4.54. The third kappa shape index (κ3) is 2.64. The molecule has 0 aliphatic carbocycles. The van der Waals surface area contributed by atoms with Crippen molar-refractivity contribution in [2.75, 3.05) is 0 Å². The average molecular weight is 226 g/mol. The predicted molar refractivity (Wildman–Crippen MR) is 73.0 cm³/mol. The van der Waals surface area contributed by atoms with Gasteiger partial charge in [-0.2, -0.15) is 0 Å². The van der Waals surface area contributed by atoms with E-state index in [1.807, 2.05) is 6.07 Å². The van der Waals surface area contributed by atoms with Gasteiger partial charge in [0.15, 0.2) is 0 Å². The smallest absolute Gasteiger partial charge is 0.107 e. The van der Waals surface area contributed by atoms with Crippen LogP contribution in [0.25, 0.3) is 11.0 Å². The van der Waals surface area contributed by atoms with E-state index >= 15 is 0 Å². The Morgan fingerprint density at radius 2 is 1.94 bits per heavy atom. The monoisotopic (exact) mass is 226 g/mol. The number of hydrogen-bond donors (Lipinski definition) is 0. The Morgan fingerprint density at radius 3 is 2.76 bits per heavy atom. The maximum Gasteiger partial charge on any atom is 0.107 e. The SMILES string of the molecule is CC/C=C\C=C/Cn1c(C)nc2ccccc21. The fraction of sp³-hybridized carbons (Fsp3) is 0.267. The lowest BCUT2D eigenvalue weighted by atomic mass is 10.3. The minimum atomic E-state index is 0.875. The number of nitrogens with zero attached hydrogens (tertiary/aromatic N) is 2. The minimum Gasteiger partial charge on any atom is -0.324 e. The molecule has 1 heterocycles. The number of fused-ring (bicyclic) bond motifs is 1. The van der Waals surface area contributed by atoms with Crippen molar-refractivity contribution in [3.8, 4) is 0 Å². The molecule has 88 valence electrons. The van der Waals surface area contributed by atoms with Gasteiger partial charge in [-0.05, 0) is 25.5 Å². The zero-order chi connectivity index (χ0) is 12.1. The third-order valence-electron chi connectivity index (χ3n) is 2.75. The molecule has 0 N–H and O–H groups in total. The highest BCUT2D eigenvalue weighted by Crippen LogP contribution is 2.15. The average Bonchev–Trinajstić information content (AvgIpc) is 2.65. The zero-order valence-electron chi connectivity index (χ0n) is 10.4. The lowest BCUT2D eigenvalue weighted by molar-refractivity contribution is 0.806. The Hall–Kier alpha value is -1.83. The van der Waals surface area contributed by atoms with Crippen molar-refractivity contribution in [1.29, 1.82) is 0 Å². The van der Waals surface area contributed by atoms with E-state index in [9.17, 15) is 0 Å². The highest BCUT2D eigenvalue weighted by molar-refractivity contribution is 5.75. The molecule has 2 aromatic rings. The lowest BCUT2D eigenvalue weighted by Gasteiger charge is -2.01. The Bertz CT molecular complexity index is 547. The molecule has 1 aromatic carbocycles. The largest absolute Gasteiger partial charge is 0.324 e. The van der Waals surface area contributed by atoms with Crippen LogP contribution >= 0.6 is 0 Å². The fourth-order valence-electron chi connectivity index (χ4n) is 1.89. The number of hydrogen-bond acceptors (Lipinski definition) is 1. The van der Waals surface area contributed by atoms with Crippen molar-refractivity contribution in [3.05, 3.63) is 54.4 Å². The molecule has 0 atom stereocenters. The predicted octanol–water partition coefficient (Wildman–Crippen LogP) is 3.87. The molecule has 0 saturated carbocycles. The highest BCUT2D eigenvalue weighted by Gasteiger charge is 2.03. The Kier molecular flexibility index (Phi) is 3.76. The summed E-state index contributed by atoms with van der Waals surface area (Å²) in [5.74, 6) is 1.07. The van der Waals surface area contributed by atoms with Gasteiger partial charge in [-0.25, -0.2) is 4.98 Å².